The van der Waals surface area contributed by atoms with E-state index in [2.05, 4.69) is 11.9 Å². The molecule has 4 aromatic rings. The summed E-state index contributed by atoms with van der Waals surface area (Å²) < 4.78 is 23.2. The molecule has 0 fully saturated rings. The van der Waals surface area contributed by atoms with E-state index in [4.69, 9.17) is 18.6 Å². The Kier molecular flexibility index (Phi) is 6.21. The third-order valence-corrected chi connectivity index (χ3v) is 5.98. The van der Waals surface area contributed by atoms with Crippen molar-refractivity contribution in [2.45, 2.75) is 18.9 Å². The highest BCUT2D eigenvalue weighted by molar-refractivity contribution is 5.97. The van der Waals surface area contributed by atoms with Gasteiger partial charge in [0.05, 0.1) is 24.0 Å². The maximum absolute atomic E-state index is 13.5. The SMILES string of the molecule is C=C(C)COc1ccc([C@H]2c3c(c4ccccc4oc3=O)O[C@H]2C(=O)Nc2ccccc2)cc1OC. The standard InChI is InChI=1S/C29H25NO6/c1-17(2)16-34-22-14-13-18(15-23(22)33-3)24-25-26(20-11-7-8-12-21(20)35-29(25)32)36-27(24)28(31)30-19-9-5-4-6-10-19/h4-15,24,27H,1,16H2,2-3H3,(H,30,31)/t24-,27+/m0/s1. The molecule has 0 saturated heterocycles. The normalized spacial score (nSPS) is 16.2. The predicted octanol–water partition coefficient (Wildman–Crippen LogP) is 5.29. The van der Waals surface area contributed by atoms with E-state index >= 15 is 0 Å². The minimum Gasteiger partial charge on any atom is -0.493 e. The van der Waals surface area contributed by atoms with Gasteiger partial charge in [-0.25, -0.2) is 4.79 Å². The Labute approximate surface area is 207 Å². The molecule has 5 rings (SSSR count). The zero-order chi connectivity index (χ0) is 25.2. The van der Waals surface area contributed by atoms with Gasteiger partial charge in [-0.05, 0) is 54.5 Å². The van der Waals surface area contributed by atoms with Crippen molar-refractivity contribution in [3.8, 4) is 17.2 Å². The number of amides is 1. The summed E-state index contributed by atoms with van der Waals surface area (Å²) in [4.78, 5) is 26.7. The van der Waals surface area contributed by atoms with Gasteiger partial charge < -0.3 is 23.9 Å². The molecule has 1 aliphatic heterocycles. The Morgan fingerprint density at radius 3 is 2.53 bits per heavy atom. The third-order valence-electron chi connectivity index (χ3n) is 5.98. The molecule has 0 bridgehead atoms. The first-order valence-corrected chi connectivity index (χ1v) is 11.5. The number of hydrogen-bond donors (Lipinski definition) is 1. The lowest BCUT2D eigenvalue weighted by atomic mass is 9.88. The zero-order valence-electron chi connectivity index (χ0n) is 19.9. The van der Waals surface area contributed by atoms with E-state index < -0.39 is 17.6 Å². The lowest BCUT2D eigenvalue weighted by Crippen LogP contribution is -2.35. The predicted molar refractivity (Wildman–Crippen MR) is 137 cm³/mol. The molecule has 0 unspecified atom stereocenters. The molecule has 0 saturated carbocycles. The van der Waals surface area contributed by atoms with Crippen LogP contribution in [0.2, 0.25) is 0 Å². The molecule has 3 aromatic carbocycles. The van der Waals surface area contributed by atoms with E-state index in [1.807, 2.05) is 31.2 Å². The summed E-state index contributed by atoms with van der Waals surface area (Å²) in [5, 5.41) is 3.52. The van der Waals surface area contributed by atoms with Crippen molar-refractivity contribution in [2.75, 3.05) is 19.0 Å². The number of carbonyl (C=O) groups is 1. The molecule has 1 N–H and O–H groups in total. The summed E-state index contributed by atoms with van der Waals surface area (Å²) in [6.45, 7) is 6.06. The maximum Gasteiger partial charge on any atom is 0.344 e. The van der Waals surface area contributed by atoms with Crippen molar-refractivity contribution in [3.63, 3.8) is 0 Å². The van der Waals surface area contributed by atoms with Gasteiger partial charge in [0.1, 0.15) is 17.9 Å². The Morgan fingerprint density at radius 1 is 1.03 bits per heavy atom. The number of ether oxygens (including phenoxy) is 3. The topological polar surface area (TPSA) is 87.0 Å². The van der Waals surface area contributed by atoms with Crippen LogP contribution in [0.5, 0.6) is 17.2 Å². The number of hydrogen-bond acceptors (Lipinski definition) is 6. The van der Waals surface area contributed by atoms with Gasteiger partial charge >= 0.3 is 5.63 Å². The van der Waals surface area contributed by atoms with Gasteiger partial charge in [-0.15, -0.1) is 0 Å². The van der Waals surface area contributed by atoms with Crippen molar-refractivity contribution in [1.29, 1.82) is 0 Å². The molecule has 7 heteroatoms. The number of carbonyl (C=O) groups excluding carboxylic acids is 1. The van der Waals surface area contributed by atoms with E-state index in [9.17, 15) is 9.59 Å². The average molecular weight is 484 g/mol. The first-order valence-electron chi connectivity index (χ1n) is 11.5. The summed E-state index contributed by atoms with van der Waals surface area (Å²) in [6.07, 6.45) is -1.01. The third kappa shape index (κ3) is 4.31. The summed E-state index contributed by atoms with van der Waals surface area (Å²) in [5.74, 6) is 0.233. The van der Waals surface area contributed by atoms with Crippen LogP contribution in [0, 0.1) is 0 Å². The van der Waals surface area contributed by atoms with Gasteiger partial charge in [0, 0.05) is 5.69 Å². The number of methoxy groups -OCH3 is 1. The van der Waals surface area contributed by atoms with Crippen LogP contribution in [-0.2, 0) is 4.79 Å². The quantitative estimate of drug-likeness (QED) is 0.284. The molecule has 0 radical (unpaired) electrons. The van der Waals surface area contributed by atoms with Gasteiger partial charge in [-0.1, -0.05) is 43.0 Å². The molecule has 2 atom stereocenters. The molecule has 2 heterocycles. The molecular weight excluding hydrogens is 458 g/mol. The van der Waals surface area contributed by atoms with Crippen molar-refractivity contribution < 1.29 is 23.4 Å². The van der Waals surface area contributed by atoms with Crippen LogP contribution in [0.25, 0.3) is 11.0 Å². The van der Waals surface area contributed by atoms with Gasteiger partial charge in [0.2, 0.25) is 0 Å². The molecule has 0 aliphatic carbocycles. The first-order chi connectivity index (χ1) is 17.5. The Balaban J connectivity index is 1.62. The second kappa shape index (κ2) is 9.62. The van der Waals surface area contributed by atoms with E-state index in [-0.39, 0.29) is 5.91 Å². The Bertz CT molecular complexity index is 1510. The summed E-state index contributed by atoms with van der Waals surface area (Å²) >= 11 is 0. The van der Waals surface area contributed by atoms with E-state index in [0.717, 1.165) is 5.57 Å². The van der Waals surface area contributed by atoms with Gasteiger partial charge in [0.25, 0.3) is 5.91 Å². The average Bonchev–Trinajstić information content (AvgIpc) is 3.30. The smallest absolute Gasteiger partial charge is 0.344 e. The van der Waals surface area contributed by atoms with Crippen molar-refractivity contribution in [1.82, 2.24) is 0 Å². The lowest BCUT2D eigenvalue weighted by molar-refractivity contribution is -0.122. The fourth-order valence-electron chi connectivity index (χ4n) is 4.36. The van der Waals surface area contributed by atoms with Crippen LogP contribution in [0.3, 0.4) is 0 Å². The summed E-state index contributed by atoms with van der Waals surface area (Å²) in [5.41, 5.74) is 2.28. The Hall–Kier alpha value is -4.52. The van der Waals surface area contributed by atoms with Gasteiger partial charge in [-0.2, -0.15) is 0 Å². The maximum atomic E-state index is 13.5. The van der Waals surface area contributed by atoms with E-state index in [0.29, 0.717) is 51.6 Å². The van der Waals surface area contributed by atoms with Gasteiger partial charge in [-0.3, -0.25) is 4.79 Å². The molecule has 1 aliphatic rings. The minimum atomic E-state index is -1.01. The number of nitrogens with one attached hydrogen (secondary N) is 1. The van der Waals surface area contributed by atoms with Crippen molar-refractivity contribution in [3.05, 3.63) is 106 Å². The lowest BCUT2D eigenvalue weighted by Gasteiger charge is -2.20. The first kappa shape index (κ1) is 23.2. The van der Waals surface area contributed by atoms with Gasteiger partial charge in [0.15, 0.2) is 17.6 Å². The number of rotatable bonds is 7. The largest absolute Gasteiger partial charge is 0.493 e. The van der Waals surface area contributed by atoms with Crippen LogP contribution < -0.4 is 25.2 Å². The van der Waals surface area contributed by atoms with E-state index in [1.165, 1.54) is 7.11 Å². The fraction of sp³-hybridized carbons (Fsp3) is 0.172. The Morgan fingerprint density at radius 2 is 1.78 bits per heavy atom. The molecule has 182 valence electrons. The second-order valence-corrected chi connectivity index (χ2v) is 8.66. The van der Waals surface area contributed by atoms with Crippen LogP contribution >= 0.6 is 0 Å². The number of benzene rings is 3. The molecule has 1 aromatic heterocycles. The summed E-state index contributed by atoms with van der Waals surface area (Å²) in [7, 11) is 1.54. The number of fused-ring (bicyclic) bond motifs is 3. The summed E-state index contributed by atoms with van der Waals surface area (Å²) in [6, 6.07) is 21.5. The molecule has 7 nitrogen and oxygen atoms in total. The zero-order valence-corrected chi connectivity index (χ0v) is 19.9. The number of anilines is 1. The van der Waals surface area contributed by atoms with Crippen molar-refractivity contribution >= 4 is 22.6 Å². The monoisotopic (exact) mass is 483 g/mol. The highest BCUT2D eigenvalue weighted by Crippen LogP contribution is 2.46. The highest BCUT2D eigenvalue weighted by atomic mass is 16.5. The minimum absolute atomic E-state index is 0.291. The van der Waals surface area contributed by atoms with Crippen LogP contribution in [0.15, 0.2) is 94.2 Å². The fourth-order valence-corrected chi connectivity index (χ4v) is 4.36. The van der Waals surface area contributed by atoms with Crippen LogP contribution in [0.4, 0.5) is 5.69 Å². The van der Waals surface area contributed by atoms with Crippen LogP contribution in [-0.4, -0.2) is 25.7 Å². The highest BCUT2D eigenvalue weighted by Gasteiger charge is 2.44. The molecular formula is C29H25NO6. The van der Waals surface area contributed by atoms with E-state index in [1.54, 1.807) is 48.5 Å². The number of para-hydroxylation sites is 2. The molecule has 0 spiro atoms. The second-order valence-electron chi connectivity index (χ2n) is 8.66. The van der Waals surface area contributed by atoms with Crippen LogP contribution in [0.1, 0.15) is 24.0 Å². The molecule has 1 amide bonds. The van der Waals surface area contributed by atoms with Crippen molar-refractivity contribution in [2.24, 2.45) is 0 Å². The molecule has 36 heavy (non-hydrogen) atoms.